The molecule has 1 aromatic carbocycles. The Bertz CT molecular complexity index is 542. The highest BCUT2D eigenvalue weighted by Gasteiger charge is 2.20. The molecule has 0 fully saturated rings. The summed E-state index contributed by atoms with van der Waals surface area (Å²) >= 11 is 0. The van der Waals surface area contributed by atoms with Gasteiger partial charge in [-0.1, -0.05) is 12.1 Å². The minimum absolute atomic E-state index is 0.0707. The third-order valence-electron chi connectivity index (χ3n) is 2.52. The van der Waals surface area contributed by atoms with E-state index in [1.165, 1.54) is 12.1 Å². The van der Waals surface area contributed by atoms with Gasteiger partial charge in [-0.05, 0) is 18.6 Å². The first-order chi connectivity index (χ1) is 8.63. The van der Waals surface area contributed by atoms with Gasteiger partial charge in [0.05, 0.1) is 0 Å². The molecule has 1 heterocycles. The number of nitrogens with one attached hydrogen (secondary N) is 1. The third-order valence-corrected chi connectivity index (χ3v) is 2.52. The van der Waals surface area contributed by atoms with E-state index < -0.39 is 17.7 Å². The summed E-state index contributed by atoms with van der Waals surface area (Å²) in [6, 6.07) is 3.10. The normalized spacial score (nSPS) is 12.4. The first-order valence-corrected chi connectivity index (χ1v) is 5.32. The summed E-state index contributed by atoms with van der Waals surface area (Å²) in [5.41, 5.74) is 3.33. The zero-order valence-electron chi connectivity index (χ0n) is 9.69. The molecule has 6 heteroatoms. The molecule has 0 aliphatic carbocycles. The minimum Gasteiger partial charge on any atom is -0.270 e. The molecule has 3 N–H and O–H groups in total. The van der Waals surface area contributed by atoms with Gasteiger partial charge in [0.2, 0.25) is 0 Å². The van der Waals surface area contributed by atoms with Crippen LogP contribution in [0.5, 0.6) is 0 Å². The highest BCUT2D eigenvalue weighted by Crippen LogP contribution is 2.22. The van der Waals surface area contributed by atoms with E-state index in [1.807, 2.05) is 6.92 Å². The van der Waals surface area contributed by atoms with E-state index in [0.717, 1.165) is 11.6 Å². The Morgan fingerprint density at radius 3 is 2.50 bits per heavy atom. The largest absolute Gasteiger partial charge is 0.270 e. The first kappa shape index (κ1) is 12.5. The predicted molar refractivity (Wildman–Crippen MR) is 62.3 cm³/mol. The van der Waals surface area contributed by atoms with Crippen molar-refractivity contribution in [3.63, 3.8) is 0 Å². The molecule has 0 saturated heterocycles. The topological polar surface area (TPSA) is 63.8 Å². The number of halogens is 2. The van der Waals surface area contributed by atoms with Gasteiger partial charge in [0.1, 0.15) is 6.04 Å². The van der Waals surface area contributed by atoms with Gasteiger partial charge in [-0.15, -0.1) is 0 Å². The molecule has 0 saturated carbocycles. The maximum absolute atomic E-state index is 13.7. The van der Waals surface area contributed by atoms with Crippen LogP contribution in [0.3, 0.4) is 0 Å². The molecule has 0 aliphatic rings. The Balaban J connectivity index is 2.45. The van der Waals surface area contributed by atoms with E-state index in [4.69, 9.17) is 5.84 Å². The van der Waals surface area contributed by atoms with Gasteiger partial charge in [-0.3, -0.25) is 5.84 Å². The molecule has 1 unspecified atom stereocenters. The van der Waals surface area contributed by atoms with Crippen molar-refractivity contribution in [3.05, 3.63) is 59.2 Å². The van der Waals surface area contributed by atoms with Crippen LogP contribution < -0.4 is 11.3 Å². The molecule has 94 valence electrons. The van der Waals surface area contributed by atoms with Gasteiger partial charge >= 0.3 is 0 Å². The van der Waals surface area contributed by atoms with Crippen LogP contribution in [0.25, 0.3) is 0 Å². The van der Waals surface area contributed by atoms with Crippen molar-refractivity contribution in [2.45, 2.75) is 13.0 Å². The number of benzene rings is 1. The summed E-state index contributed by atoms with van der Waals surface area (Å²) < 4.78 is 26.8. The van der Waals surface area contributed by atoms with E-state index in [2.05, 4.69) is 15.4 Å². The van der Waals surface area contributed by atoms with Crippen molar-refractivity contribution in [1.82, 2.24) is 15.4 Å². The number of hydrogen-bond acceptors (Lipinski definition) is 4. The van der Waals surface area contributed by atoms with E-state index in [-0.39, 0.29) is 11.4 Å². The van der Waals surface area contributed by atoms with E-state index in [0.29, 0.717) is 0 Å². The molecule has 0 aliphatic heterocycles. The molecule has 1 atom stereocenters. The second kappa shape index (κ2) is 5.16. The standard InChI is InChI=1S/C12H12F2N4/c1-7-5-16-12(17-6-7)11(18-15)8-3-2-4-9(13)10(8)14/h2-6,11,18H,15H2,1H3. The lowest BCUT2D eigenvalue weighted by molar-refractivity contribution is 0.478. The van der Waals surface area contributed by atoms with Crippen LogP contribution in [0.4, 0.5) is 8.78 Å². The lowest BCUT2D eigenvalue weighted by Crippen LogP contribution is -2.31. The minimum atomic E-state index is -0.954. The summed E-state index contributed by atoms with van der Waals surface area (Å²) in [5, 5.41) is 0. The van der Waals surface area contributed by atoms with Gasteiger partial charge in [-0.2, -0.15) is 0 Å². The maximum Gasteiger partial charge on any atom is 0.164 e. The zero-order valence-corrected chi connectivity index (χ0v) is 9.69. The summed E-state index contributed by atoms with van der Waals surface area (Å²) in [7, 11) is 0. The Morgan fingerprint density at radius 2 is 1.89 bits per heavy atom. The summed E-state index contributed by atoms with van der Waals surface area (Å²) in [4.78, 5) is 8.11. The van der Waals surface area contributed by atoms with E-state index in [1.54, 1.807) is 12.4 Å². The van der Waals surface area contributed by atoms with Crippen molar-refractivity contribution in [3.8, 4) is 0 Å². The summed E-state index contributed by atoms with van der Waals surface area (Å²) in [6.45, 7) is 1.83. The SMILES string of the molecule is Cc1cnc(C(NN)c2cccc(F)c2F)nc1. The number of rotatable bonds is 3. The van der Waals surface area contributed by atoms with Crippen molar-refractivity contribution < 1.29 is 8.78 Å². The number of hydrazine groups is 1. The van der Waals surface area contributed by atoms with Crippen molar-refractivity contribution in [1.29, 1.82) is 0 Å². The fourth-order valence-corrected chi connectivity index (χ4v) is 1.60. The number of aryl methyl sites for hydroxylation is 1. The highest BCUT2D eigenvalue weighted by molar-refractivity contribution is 5.27. The molecule has 2 aromatic rings. The van der Waals surface area contributed by atoms with Gasteiger partial charge in [0.25, 0.3) is 0 Å². The highest BCUT2D eigenvalue weighted by atomic mass is 19.2. The van der Waals surface area contributed by atoms with E-state index >= 15 is 0 Å². The summed E-state index contributed by atoms with van der Waals surface area (Å²) in [6.07, 6.45) is 3.17. The van der Waals surface area contributed by atoms with Crippen LogP contribution in [0.2, 0.25) is 0 Å². The fourth-order valence-electron chi connectivity index (χ4n) is 1.60. The van der Waals surface area contributed by atoms with Gasteiger partial charge < -0.3 is 0 Å². The van der Waals surface area contributed by atoms with Crippen molar-refractivity contribution in [2.75, 3.05) is 0 Å². The smallest absolute Gasteiger partial charge is 0.164 e. The summed E-state index contributed by atoms with van der Waals surface area (Å²) in [5.74, 6) is 3.77. The lowest BCUT2D eigenvalue weighted by atomic mass is 10.1. The van der Waals surface area contributed by atoms with Crippen LogP contribution in [0.15, 0.2) is 30.6 Å². The second-order valence-electron chi connectivity index (χ2n) is 3.86. The van der Waals surface area contributed by atoms with Crippen LogP contribution in [0, 0.1) is 18.6 Å². The molecule has 18 heavy (non-hydrogen) atoms. The van der Waals surface area contributed by atoms with Crippen LogP contribution in [-0.2, 0) is 0 Å². The number of aromatic nitrogens is 2. The van der Waals surface area contributed by atoms with Crippen molar-refractivity contribution in [2.24, 2.45) is 5.84 Å². The fraction of sp³-hybridized carbons (Fsp3) is 0.167. The van der Waals surface area contributed by atoms with Crippen LogP contribution in [-0.4, -0.2) is 9.97 Å². The third kappa shape index (κ3) is 2.34. The second-order valence-corrected chi connectivity index (χ2v) is 3.86. The number of hydrogen-bond donors (Lipinski definition) is 2. The van der Waals surface area contributed by atoms with Gasteiger partial charge in [0, 0.05) is 18.0 Å². The van der Waals surface area contributed by atoms with Gasteiger partial charge in [0.15, 0.2) is 17.5 Å². The molecule has 1 aromatic heterocycles. The zero-order chi connectivity index (χ0) is 13.1. The molecule has 2 rings (SSSR count). The van der Waals surface area contributed by atoms with Crippen LogP contribution >= 0.6 is 0 Å². The van der Waals surface area contributed by atoms with Crippen LogP contribution in [0.1, 0.15) is 23.0 Å². The Morgan fingerprint density at radius 1 is 1.22 bits per heavy atom. The van der Waals surface area contributed by atoms with E-state index in [9.17, 15) is 8.78 Å². The molecule has 0 spiro atoms. The monoisotopic (exact) mass is 250 g/mol. The Labute approximate surface area is 103 Å². The molecule has 4 nitrogen and oxygen atoms in total. The molecular weight excluding hydrogens is 238 g/mol. The number of nitrogens with zero attached hydrogens (tertiary/aromatic N) is 2. The molecule has 0 amide bonds. The Kier molecular flexibility index (Phi) is 3.59. The maximum atomic E-state index is 13.7. The lowest BCUT2D eigenvalue weighted by Gasteiger charge is -2.15. The van der Waals surface area contributed by atoms with Crippen molar-refractivity contribution >= 4 is 0 Å². The quantitative estimate of drug-likeness (QED) is 0.641. The molecule has 0 bridgehead atoms. The molecule has 0 radical (unpaired) electrons. The first-order valence-electron chi connectivity index (χ1n) is 5.32. The average Bonchev–Trinajstić information content (AvgIpc) is 2.37. The number of nitrogens with two attached hydrogens (primary N) is 1. The van der Waals surface area contributed by atoms with Gasteiger partial charge in [-0.25, -0.2) is 24.2 Å². The molecular formula is C12H12F2N4. The Hall–Kier alpha value is -1.92. The average molecular weight is 250 g/mol. The predicted octanol–water partition coefficient (Wildman–Crippen LogP) is 1.62.